The van der Waals surface area contributed by atoms with Gasteiger partial charge in [-0.2, -0.15) is 0 Å². The van der Waals surface area contributed by atoms with Crippen LogP contribution in [0.4, 0.5) is 5.82 Å². The van der Waals surface area contributed by atoms with Gasteiger partial charge in [0, 0.05) is 16.8 Å². The number of nitrogens with one attached hydrogen (secondary N) is 1. The topological polar surface area (TPSA) is 37.8 Å². The van der Waals surface area contributed by atoms with Gasteiger partial charge in [-0.05, 0) is 13.8 Å². The minimum absolute atomic E-state index is 0.323. The summed E-state index contributed by atoms with van der Waals surface area (Å²) < 4.78 is 0. The van der Waals surface area contributed by atoms with Crippen LogP contribution in [0.15, 0.2) is 24.3 Å². The lowest BCUT2D eigenvalue weighted by atomic mass is 10.2. The third-order valence-electron chi connectivity index (χ3n) is 2.07. The summed E-state index contributed by atoms with van der Waals surface area (Å²) in [6, 6.07) is 8.16. The van der Waals surface area contributed by atoms with Crippen LogP contribution in [0.5, 0.6) is 0 Å². The van der Waals surface area contributed by atoms with Crippen molar-refractivity contribution in [1.82, 2.24) is 10.2 Å². The molecule has 0 atom stereocenters. The molecule has 0 aliphatic rings. The monoisotopic (exact) mass is 221 g/mol. The van der Waals surface area contributed by atoms with Crippen LogP contribution in [0.2, 0.25) is 5.15 Å². The Labute approximate surface area is 93.5 Å². The van der Waals surface area contributed by atoms with Gasteiger partial charge in [-0.25, -0.2) is 0 Å². The Bertz CT molecular complexity index is 482. The Balaban J connectivity index is 2.61. The van der Waals surface area contributed by atoms with Gasteiger partial charge in [0.15, 0.2) is 11.0 Å². The fraction of sp³-hybridized carbons (Fsp3) is 0.273. The molecule has 0 aliphatic heterocycles. The van der Waals surface area contributed by atoms with Gasteiger partial charge in [0.05, 0.1) is 0 Å². The standard InChI is InChI=1S/C11H12ClN3/c1-7(2)13-11-9-6-4-3-5-8(9)10(12)14-15-11/h3-7H,1-2H3,(H,13,15). The van der Waals surface area contributed by atoms with Crippen molar-refractivity contribution in [2.45, 2.75) is 19.9 Å². The summed E-state index contributed by atoms with van der Waals surface area (Å²) in [7, 11) is 0. The molecule has 0 bridgehead atoms. The zero-order valence-electron chi connectivity index (χ0n) is 8.66. The van der Waals surface area contributed by atoms with E-state index in [2.05, 4.69) is 29.4 Å². The van der Waals surface area contributed by atoms with Crippen molar-refractivity contribution >= 4 is 28.2 Å². The van der Waals surface area contributed by atoms with Crippen LogP contribution >= 0.6 is 11.6 Å². The second kappa shape index (κ2) is 4.03. The molecule has 78 valence electrons. The minimum atomic E-state index is 0.323. The Morgan fingerprint density at radius 1 is 1.13 bits per heavy atom. The van der Waals surface area contributed by atoms with Crippen LogP contribution in [-0.2, 0) is 0 Å². The van der Waals surface area contributed by atoms with Gasteiger partial charge in [0.2, 0.25) is 0 Å². The average Bonchev–Trinajstić information content (AvgIpc) is 2.22. The molecule has 0 saturated heterocycles. The quantitative estimate of drug-likeness (QED) is 0.847. The molecule has 15 heavy (non-hydrogen) atoms. The van der Waals surface area contributed by atoms with Crippen LogP contribution in [0, 0.1) is 0 Å². The van der Waals surface area contributed by atoms with E-state index >= 15 is 0 Å². The molecular formula is C11H12ClN3. The van der Waals surface area contributed by atoms with Crippen LogP contribution in [0.1, 0.15) is 13.8 Å². The summed E-state index contributed by atoms with van der Waals surface area (Å²) in [6.45, 7) is 4.12. The first-order valence-electron chi connectivity index (χ1n) is 4.86. The van der Waals surface area contributed by atoms with E-state index in [-0.39, 0.29) is 0 Å². The summed E-state index contributed by atoms with van der Waals surface area (Å²) in [5, 5.41) is 13.6. The predicted octanol–water partition coefficient (Wildman–Crippen LogP) is 3.10. The second-order valence-electron chi connectivity index (χ2n) is 3.68. The zero-order chi connectivity index (χ0) is 10.8. The number of hydrogen-bond acceptors (Lipinski definition) is 3. The molecule has 2 aromatic rings. The lowest BCUT2D eigenvalue weighted by molar-refractivity contribution is 0.879. The van der Waals surface area contributed by atoms with Gasteiger partial charge in [-0.3, -0.25) is 0 Å². The number of benzene rings is 1. The van der Waals surface area contributed by atoms with Crippen molar-refractivity contribution in [3.8, 4) is 0 Å². The van der Waals surface area contributed by atoms with E-state index in [0.717, 1.165) is 16.6 Å². The highest BCUT2D eigenvalue weighted by Crippen LogP contribution is 2.25. The van der Waals surface area contributed by atoms with Crippen LogP contribution in [0.3, 0.4) is 0 Å². The molecule has 3 nitrogen and oxygen atoms in total. The predicted molar refractivity (Wildman–Crippen MR) is 63.3 cm³/mol. The molecule has 1 aromatic heterocycles. The van der Waals surface area contributed by atoms with Gasteiger partial charge in [-0.1, -0.05) is 35.9 Å². The van der Waals surface area contributed by atoms with Crippen molar-refractivity contribution in [1.29, 1.82) is 0 Å². The third kappa shape index (κ3) is 2.02. The minimum Gasteiger partial charge on any atom is -0.366 e. The van der Waals surface area contributed by atoms with Crippen LogP contribution in [-0.4, -0.2) is 16.2 Å². The summed E-state index contributed by atoms with van der Waals surface area (Å²) in [5.41, 5.74) is 0. The summed E-state index contributed by atoms with van der Waals surface area (Å²) >= 11 is 5.96. The summed E-state index contributed by atoms with van der Waals surface area (Å²) in [6.07, 6.45) is 0. The normalized spacial score (nSPS) is 10.9. The van der Waals surface area contributed by atoms with Crippen LogP contribution in [0.25, 0.3) is 10.8 Å². The maximum absolute atomic E-state index is 5.96. The molecular weight excluding hydrogens is 210 g/mol. The smallest absolute Gasteiger partial charge is 0.159 e. The highest BCUT2D eigenvalue weighted by atomic mass is 35.5. The SMILES string of the molecule is CC(C)Nc1nnc(Cl)c2ccccc12. The van der Waals surface area contributed by atoms with E-state index in [4.69, 9.17) is 11.6 Å². The number of anilines is 1. The van der Waals surface area contributed by atoms with Crippen molar-refractivity contribution < 1.29 is 0 Å². The summed E-state index contributed by atoms with van der Waals surface area (Å²) in [5.74, 6) is 0.782. The molecule has 0 unspecified atom stereocenters. The van der Waals surface area contributed by atoms with E-state index in [0.29, 0.717) is 11.2 Å². The zero-order valence-corrected chi connectivity index (χ0v) is 9.42. The molecule has 0 saturated carbocycles. The second-order valence-corrected chi connectivity index (χ2v) is 4.04. The fourth-order valence-electron chi connectivity index (χ4n) is 1.45. The van der Waals surface area contributed by atoms with Crippen molar-refractivity contribution in [3.63, 3.8) is 0 Å². The van der Waals surface area contributed by atoms with Crippen molar-refractivity contribution in [2.24, 2.45) is 0 Å². The average molecular weight is 222 g/mol. The van der Waals surface area contributed by atoms with Gasteiger partial charge in [0.1, 0.15) is 0 Å². The van der Waals surface area contributed by atoms with Crippen molar-refractivity contribution in [3.05, 3.63) is 29.4 Å². The molecule has 1 N–H and O–H groups in total. The maximum atomic E-state index is 5.96. The number of aromatic nitrogens is 2. The molecule has 1 aromatic carbocycles. The highest BCUT2D eigenvalue weighted by Gasteiger charge is 2.07. The maximum Gasteiger partial charge on any atom is 0.159 e. The fourth-order valence-corrected chi connectivity index (χ4v) is 1.65. The molecule has 4 heteroatoms. The van der Waals surface area contributed by atoms with Crippen molar-refractivity contribution in [2.75, 3.05) is 5.32 Å². The summed E-state index contributed by atoms with van der Waals surface area (Å²) in [4.78, 5) is 0. The van der Waals surface area contributed by atoms with Gasteiger partial charge in [0.25, 0.3) is 0 Å². The number of nitrogens with zero attached hydrogens (tertiary/aromatic N) is 2. The number of fused-ring (bicyclic) bond motifs is 1. The highest BCUT2D eigenvalue weighted by molar-refractivity contribution is 6.34. The molecule has 2 rings (SSSR count). The Kier molecular flexibility index (Phi) is 2.73. The van der Waals surface area contributed by atoms with E-state index in [1.165, 1.54) is 0 Å². The molecule has 0 fully saturated rings. The van der Waals surface area contributed by atoms with Gasteiger partial charge >= 0.3 is 0 Å². The van der Waals surface area contributed by atoms with E-state index in [9.17, 15) is 0 Å². The van der Waals surface area contributed by atoms with Crippen LogP contribution < -0.4 is 5.32 Å². The van der Waals surface area contributed by atoms with E-state index < -0.39 is 0 Å². The Morgan fingerprint density at radius 3 is 2.47 bits per heavy atom. The first kappa shape index (κ1) is 10.2. The van der Waals surface area contributed by atoms with E-state index in [1.54, 1.807) is 0 Å². The first-order valence-corrected chi connectivity index (χ1v) is 5.23. The Morgan fingerprint density at radius 2 is 1.80 bits per heavy atom. The number of rotatable bonds is 2. The number of hydrogen-bond donors (Lipinski definition) is 1. The lowest BCUT2D eigenvalue weighted by Gasteiger charge is -2.10. The first-order chi connectivity index (χ1) is 7.18. The van der Waals surface area contributed by atoms with Gasteiger partial charge < -0.3 is 5.32 Å². The van der Waals surface area contributed by atoms with Gasteiger partial charge in [-0.15, -0.1) is 10.2 Å². The number of halogens is 1. The molecule has 0 radical (unpaired) electrons. The largest absolute Gasteiger partial charge is 0.366 e. The third-order valence-corrected chi connectivity index (χ3v) is 2.35. The molecule has 1 heterocycles. The van der Waals surface area contributed by atoms with E-state index in [1.807, 2.05) is 24.3 Å². The molecule has 0 amide bonds. The Hall–Kier alpha value is -1.35. The molecule has 0 spiro atoms. The molecule has 0 aliphatic carbocycles. The lowest BCUT2D eigenvalue weighted by Crippen LogP contribution is -2.12.